The quantitative estimate of drug-likeness (QED) is 0.778. The predicted molar refractivity (Wildman–Crippen MR) is 87.8 cm³/mol. The summed E-state index contributed by atoms with van der Waals surface area (Å²) in [5, 5.41) is 0. The molecular weight excluding hydrogens is 370 g/mol. The van der Waals surface area contributed by atoms with Crippen molar-refractivity contribution in [2.45, 2.75) is 37.2 Å². The second-order valence-corrected chi connectivity index (χ2v) is 9.38. The number of hydrogen-bond acceptors (Lipinski definition) is 4. The third-order valence-electron chi connectivity index (χ3n) is 3.36. The van der Waals surface area contributed by atoms with Crippen LogP contribution in [0, 0.1) is 0 Å². The Kier molecular flexibility index (Phi) is 4.59. The average Bonchev–Trinajstić information content (AvgIpc) is 2.25. The number of likely N-dealkylation sites (tertiary alicyclic amines) is 1. The number of benzene rings is 1. The molecule has 0 spiro atoms. The van der Waals surface area contributed by atoms with Gasteiger partial charge in [0.05, 0.1) is 4.90 Å². The normalized spacial score (nSPS) is 16.3. The highest BCUT2D eigenvalue weighted by atomic mass is 79.9. The molecule has 1 aliphatic rings. The van der Waals surface area contributed by atoms with Gasteiger partial charge < -0.3 is 9.64 Å². The molecule has 5 nitrogen and oxygen atoms in total. The average molecular weight is 390 g/mol. The van der Waals surface area contributed by atoms with Crippen molar-refractivity contribution < 1.29 is 17.9 Å². The molecule has 1 saturated heterocycles. The van der Waals surface area contributed by atoms with Crippen LogP contribution in [-0.2, 0) is 14.6 Å². The van der Waals surface area contributed by atoms with Crippen LogP contribution in [0.15, 0.2) is 27.6 Å². The lowest BCUT2D eigenvalue weighted by atomic mass is 9.92. The molecule has 1 aromatic carbocycles. The summed E-state index contributed by atoms with van der Waals surface area (Å²) in [4.78, 5) is 13.8. The molecule has 0 atom stereocenters. The highest BCUT2D eigenvalue weighted by molar-refractivity contribution is 9.10. The van der Waals surface area contributed by atoms with E-state index < -0.39 is 15.4 Å². The van der Waals surface area contributed by atoms with Gasteiger partial charge in [-0.2, -0.15) is 0 Å². The van der Waals surface area contributed by atoms with Gasteiger partial charge >= 0.3 is 6.09 Å². The lowest BCUT2D eigenvalue weighted by Gasteiger charge is -2.40. The molecule has 0 radical (unpaired) electrons. The standard InChI is InChI=1S/C15H20BrNO4S/c1-15(2,3)21-14(18)17-8-11(9-17)10-5-6-12(16)13(7-10)22(4,19)20/h5-7,11H,8-9H2,1-4H3. The summed E-state index contributed by atoms with van der Waals surface area (Å²) in [5.74, 6) is 0.140. The van der Waals surface area contributed by atoms with E-state index in [0.29, 0.717) is 17.6 Å². The van der Waals surface area contributed by atoms with Gasteiger partial charge in [0.15, 0.2) is 9.84 Å². The number of rotatable bonds is 2. The molecular formula is C15H20BrNO4S. The molecule has 22 heavy (non-hydrogen) atoms. The Labute approximate surface area is 139 Å². The molecule has 0 saturated carbocycles. The minimum absolute atomic E-state index is 0.140. The maximum absolute atomic E-state index is 11.9. The summed E-state index contributed by atoms with van der Waals surface area (Å²) >= 11 is 3.26. The van der Waals surface area contributed by atoms with Crippen molar-refractivity contribution in [3.05, 3.63) is 28.2 Å². The van der Waals surface area contributed by atoms with E-state index in [0.717, 1.165) is 5.56 Å². The topological polar surface area (TPSA) is 63.7 Å². The zero-order valence-corrected chi connectivity index (χ0v) is 15.5. The Hall–Kier alpha value is -1.08. The van der Waals surface area contributed by atoms with E-state index >= 15 is 0 Å². The van der Waals surface area contributed by atoms with Crippen LogP contribution in [0.2, 0.25) is 0 Å². The van der Waals surface area contributed by atoms with E-state index in [1.807, 2.05) is 26.8 Å². The van der Waals surface area contributed by atoms with E-state index in [4.69, 9.17) is 4.74 Å². The zero-order valence-electron chi connectivity index (χ0n) is 13.1. The fourth-order valence-electron chi connectivity index (χ4n) is 2.22. The molecule has 122 valence electrons. The van der Waals surface area contributed by atoms with Crippen molar-refractivity contribution in [2.24, 2.45) is 0 Å². The second kappa shape index (κ2) is 5.85. The number of nitrogens with zero attached hydrogens (tertiary/aromatic N) is 1. The van der Waals surface area contributed by atoms with Gasteiger partial charge in [0.25, 0.3) is 0 Å². The molecule has 1 aromatic rings. The van der Waals surface area contributed by atoms with Crippen molar-refractivity contribution in [1.29, 1.82) is 0 Å². The number of carbonyl (C=O) groups is 1. The Bertz CT molecular complexity index is 688. The van der Waals surface area contributed by atoms with Crippen molar-refractivity contribution >= 4 is 31.9 Å². The van der Waals surface area contributed by atoms with Gasteiger partial charge in [-0.3, -0.25) is 0 Å². The summed E-state index contributed by atoms with van der Waals surface area (Å²) in [5.41, 5.74) is 0.409. The monoisotopic (exact) mass is 389 g/mol. The van der Waals surface area contributed by atoms with Gasteiger partial charge in [0.1, 0.15) is 5.60 Å². The van der Waals surface area contributed by atoms with Crippen LogP contribution in [0.5, 0.6) is 0 Å². The van der Waals surface area contributed by atoms with E-state index in [1.165, 1.54) is 6.26 Å². The maximum atomic E-state index is 11.9. The molecule has 0 N–H and O–H groups in total. The minimum atomic E-state index is -3.28. The molecule has 1 amide bonds. The van der Waals surface area contributed by atoms with Crippen LogP contribution < -0.4 is 0 Å². The van der Waals surface area contributed by atoms with Gasteiger partial charge in [-0.15, -0.1) is 0 Å². The highest BCUT2D eigenvalue weighted by Gasteiger charge is 2.35. The number of carbonyl (C=O) groups excluding carboxylic acids is 1. The maximum Gasteiger partial charge on any atom is 0.410 e. The first-order chi connectivity index (χ1) is 9.97. The predicted octanol–water partition coefficient (Wildman–Crippen LogP) is 3.19. The first-order valence-electron chi connectivity index (χ1n) is 6.95. The first kappa shape index (κ1) is 17.3. The number of sulfone groups is 1. The van der Waals surface area contributed by atoms with Crippen LogP contribution in [0.4, 0.5) is 4.79 Å². The van der Waals surface area contributed by atoms with Gasteiger partial charge in [-0.25, -0.2) is 13.2 Å². The lowest BCUT2D eigenvalue weighted by Crippen LogP contribution is -2.50. The van der Waals surface area contributed by atoms with E-state index in [1.54, 1.807) is 17.0 Å². The second-order valence-electron chi connectivity index (χ2n) is 6.54. The van der Waals surface area contributed by atoms with Crippen molar-refractivity contribution in [1.82, 2.24) is 4.90 Å². The number of ether oxygens (including phenoxy) is 1. The van der Waals surface area contributed by atoms with Crippen LogP contribution in [-0.4, -0.2) is 44.4 Å². The molecule has 0 aromatic heterocycles. The highest BCUT2D eigenvalue weighted by Crippen LogP contribution is 2.32. The summed E-state index contributed by atoms with van der Waals surface area (Å²) in [7, 11) is -3.28. The van der Waals surface area contributed by atoms with E-state index in [2.05, 4.69) is 15.9 Å². The van der Waals surface area contributed by atoms with E-state index in [-0.39, 0.29) is 16.9 Å². The fourth-order valence-corrected chi connectivity index (χ4v) is 4.12. The van der Waals surface area contributed by atoms with Crippen molar-refractivity contribution in [3.8, 4) is 0 Å². The van der Waals surface area contributed by atoms with Crippen LogP contribution >= 0.6 is 15.9 Å². The van der Waals surface area contributed by atoms with E-state index in [9.17, 15) is 13.2 Å². The van der Waals surface area contributed by atoms with Gasteiger partial charge in [-0.05, 0) is 54.4 Å². The van der Waals surface area contributed by atoms with Crippen molar-refractivity contribution in [3.63, 3.8) is 0 Å². The first-order valence-corrected chi connectivity index (χ1v) is 9.63. The van der Waals surface area contributed by atoms with Crippen LogP contribution in [0.1, 0.15) is 32.3 Å². The van der Waals surface area contributed by atoms with Gasteiger partial charge in [-0.1, -0.05) is 6.07 Å². The van der Waals surface area contributed by atoms with Crippen LogP contribution in [0.3, 0.4) is 0 Å². The summed E-state index contributed by atoms with van der Waals surface area (Å²) in [6, 6.07) is 5.30. The SMILES string of the molecule is CC(C)(C)OC(=O)N1CC(c2ccc(Br)c(S(C)(=O)=O)c2)C1. The summed E-state index contributed by atoms with van der Waals surface area (Å²) < 4.78 is 29.4. The minimum Gasteiger partial charge on any atom is -0.444 e. The molecule has 7 heteroatoms. The van der Waals surface area contributed by atoms with Gasteiger partial charge in [0.2, 0.25) is 0 Å². The third kappa shape index (κ3) is 4.01. The lowest BCUT2D eigenvalue weighted by molar-refractivity contribution is 0.00817. The fraction of sp³-hybridized carbons (Fsp3) is 0.533. The van der Waals surface area contributed by atoms with Crippen LogP contribution in [0.25, 0.3) is 0 Å². The number of hydrogen-bond donors (Lipinski definition) is 0. The number of halogens is 1. The zero-order chi connectivity index (χ0) is 16.7. The smallest absolute Gasteiger partial charge is 0.410 e. The Morgan fingerprint density at radius 3 is 2.41 bits per heavy atom. The molecule has 0 bridgehead atoms. The molecule has 2 rings (SSSR count). The Morgan fingerprint density at radius 2 is 1.91 bits per heavy atom. The summed E-state index contributed by atoms with van der Waals surface area (Å²) in [6.45, 7) is 6.57. The largest absolute Gasteiger partial charge is 0.444 e. The third-order valence-corrected chi connectivity index (χ3v) is 5.45. The van der Waals surface area contributed by atoms with Crippen molar-refractivity contribution in [2.75, 3.05) is 19.3 Å². The molecule has 1 fully saturated rings. The molecule has 0 aliphatic carbocycles. The number of amides is 1. The Morgan fingerprint density at radius 1 is 1.32 bits per heavy atom. The molecule has 0 unspecified atom stereocenters. The molecule has 1 aliphatic heterocycles. The Balaban J connectivity index is 2.07. The molecule has 1 heterocycles. The van der Waals surface area contributed by atoms with Gasteiger partial charge in [0, 0.05) is 29.7 Å². The summed E-state index contributed by atoms with van der Waals surface area (Å²) in [6.07, 6.45) is 0.856.